The quantitative estimate of drug-likeness (QED) is 0.449. The molecule has 1 heterocycles. The predicted octanol–water partition coefficient (Wildman–Crippen LogP) is 5.38. The first-order valence-corrected chi connectivity index (χ1v) is 8.87. The summed E-state index contributed by atoms with van der Waals surface area (Å²) in [5.41, 5.74) is 1.38. The lowest BCUT2D eigenvalue weighted by molar-refractivity contribution is -0.113. The summed E-state index contributed by atoms with van der Waals surface area (Å²) in [7, 11) is 0. The number of hydrogen-bond acceptors (Lipinski definition) is 3. The van der Waals surface area contributed by atoms with Gasteiger partial charge in [0.2, 0.25) is 0 Å². The first-order chi connectivity index (χ1) is 12.1. The van der Waals surface area contributed by atoms with Gasteiger partial charge in [0.05, 0.1) is 10.6 Å². The highest BCUT2D eigenvalue weighted by molar-refractivity contribution is 8.27. The third-order valence-electron chi connectivity index (χ3n) is 3.93. The van der Waals surface area contributed by atoms with Gasteiger partial charge in [0, 0.05) is 0 Å². The van der Waals surface area contributed by atoms with Crippen LogP contribution in [0.3, 0.4) is 0 Å². The van der Waals surface area contributed by atoms with E-state index in [2.05, 4.69) is 0 Å². The van der Waals surface area contributed by atoms with Gasteiger partial charge >= 0.3 is 0 Å². The average molecular weight is 365 g/mol. The van der Waals surface area contributed by atoms with Crippen molar-refractivity contribution in [2.75, 3.05) is 4.90 Å². The van der Waals surface area contributed by atoms with E-state index in [0.717, 1.165) is 16.5 Å². The molecule has 1 aliphatic rings. The van der Waals surface area contributed by atoms with Gasteiger partial charge in [-0.15, -0.1) is 0 Å². The molecule has 0 aromatic heterocycles. The van der Waals surface area contributed by atoms with Gasteiger partial charge in [-0.25, -0.2) is 4.39 Å². The molecule has 0 atom stereocenters. The van der Waals surface area contributed by atoms with Gasteiger partial charge in [-0.3, -0.25) is 9.69 Å². The van der Waals surface area contributed by atoms with Crippen molar-refractivity contribution in [1.82, 2.24) is 0 Å². The SMILES string of the molecule is O=C1/C(=C\c2cccc(F)c2)SC(=S)N1c1ccc2ccccc2c1. The molecule has 3 aromatic rings. The highest BCUT2D eigenvalue weighted by Gasteiger charge is 2.33. The maximum atomic E-state index is 13.3. The molecule has 1 fully saturated rings. The third kappa shape index (κ3) is 3.08. The van der Waals surface area contributed by atoms with Crippen LogP contribution in [0.5, 0.6) is 0 Å². The monoisotopic (exact) mass is 365 g/mol. The van der Waals surface area contributed by atoms with Crippen LogP contribution in [0.15, 0.2) is 71.6 Å². The van der Waals surface area contributed by atoms with Crippen LogP contribution in [-0.2, 0) is 4.79 Å². The molecular formula is C20H12FNOS2. The van der Waals surface area contributed by atoms with Crippen molar-refractivity contribution in [3.05, 3.63) is 83.0 Å². The Bertz CT molecular complexity index is 1040. The van der Waals surface area contributed by atoms with Crippen molar-refractivity contribution in [2.45, 2.75) is 0 Å². The molecule has 122 valence electrons. The summed E-state index contributed by atoms with van der Waals surface area (Å²) in [6, 6.07) is 19.9. The number of amides is 1. The number of carbonyl (C=O) groups is 1. The van der Waals surface area contributed by atoms with Crippen LogP contribution in [0.1, 0.15) is 5.56 Å². The number of thioether (sulfide) groups is 1. The molecule has 25 heavy (non-hydrogen) atoms. The van der Waals surface area contributed by atoms with Crippen LogP contribution in [0.25, 0.3) is 16.8 Å². The minimum absolute atomic E-state index is 0.186. The zero-order chi connectivity index (χ0) is 17.4. The number of nitrogens with zero attached hydrogens (tertiary/aromatic N) is 1. The van der Waals surface area contributed by atoms with Crippen LogP contribution in [0, 0.1) is 5.82 Å². The van der Waals surface area contributed by atoms with E-state index in [1.807, 2.05) is 42.5 Å². The summed E-state index contributed by atoms with van der Waals surface area (Å²) >= 11 is 6.62. The second-order valence-corrected chi connectivity index (χ2v) is 7.28. The van der Waals surface area contributed by atoms with Crippen LogP contribution < -0.4 is 4.90 Å². The minimum Gasteiger partial charge on any atom is -0.268 e. The molecule has 1 saturated heterocycles. The fraction of sp³-hybridized carbons (Fsp3) is 0. The molecule has 0 N–H and O–H groups in total. The number of carbonyl (C=O) groups excluding carboxylic acids is 1. The Labute approximate surface area is 154 Å². The Morgan fingerprint density at radius 3 is 2.56 bits per heavy atom. The molecule has 0 bridgehead atoms. The first kappa shape index (κ1) is 16.0. The van der Waals surface area contributed by atoms with E-state index >= 15 is 0 Å². The summed E-state index contributed by atoms with van der Waals surface area (Å²) in [4.78, 5) is 14.8. The van der Waals surface area contributed by atoms with Gasteiger partial charge in [0.25, 0.3) is 5.91 Å². The predicted molar refractivity (Wildman–Crippen MR) is 106 cm³/mol. The average Bonchev–Trinajstić information content (AvgIpc) is 2.88. The van der Waals surface area contributed by atoms with Gasteiger partial charge in [0.15, 0.2) is 4.32 Å². The van der Waals surface area contributed by atoms with E-state index in [-0.39, 0.29) is 11.7 Å². The summed E-state index contributed by atoms with van der Waals surface area (Å²) < 4.78 is 13.8. The summed E-state index contributed by atoms with van der Waals surface area (Å²) in [5, 5.41) is 2.15. The number of fused-ring (bicyclic) bond motifs is 1. The molecule has 3 aromatic carbocycles. The first-order valence-electron chi connectivity index (χ1n) is 7.64. The lowest BCUT2D eigenvalue weighted by Gasteiger charge is -2.15. The number of thiocarbonyl (C=S) groups is 1. The second-order valence-electron chi connectivity index (χ2n) is 5.60. The van der Waals surface area contributed by atoms with Crippen LogP contribution >= 0.6 is 24.0 Å². The van der Waals surface area contributed by atoms with Crippen LogP contribution in [0.4, 0.5) is 10.1 Å². The van der Waals surface area contributed by atoms with E-state index < -0.39 is 0 Å². The summed E-state index contributed by atoms with van der Waals surface area (Å²) in [5.74, 6) is -0.520. The lowest BCUT2D eigenvalue weighted by Crippen LogP contribution is -2.27. The largest absolute Gasteiger partial charge is 0.270 e. The molecule has 0 spiro atoms. The third-order valence-corrected chi connectivity index (χ3v) is 5.23. The number of halogens is 1. The van der Waals surface area contributed by atoms with E-state index in [0.29, 0.717) is 14.8 Å². The topological polar surface area (TPSA) is 20.3 Å². The van der Waals surface area contributed by atoms with Gasteiger partial charge in [0.1, 0.15) is 5.82 Å². The van der Waals surface area contributed by atoms with E-state index in [4.69, 9.17) is 12.2 Å². The molecule has 0 saturated carbocycles. The Morgan fingerprint density at radius 2 is 1.76 bits per heavy atom. The Morgan fingerprint density at radius 1 is 0.960 bits per heavy atom. The maximum Gasteiger partial charge on any atom is 0.270 e. The van der Waals surface area contributed by atoms with E-state index in [9.17, 15) is 9.18 Å². The molecule has 0 unspecified atom stereocenters. The second kappa shape index (κ2) is 6.43. The minimum atomic E-state index is -0.334. The molecule has 1 aliphatic heterocycles. The van der Waals surface area contributed by atoms with Gasteiger partial charge in [-0.1, -0.05) is 66.4 Å². The molecule has 5 heteroatoms. The number of benzene rings is 3. The normalized spacial score (nSPS) is 16.2. The molecular weight excluding hydrogens is 353 g/mol. The highest BCUT2D eigenvalue weighted by Crippen LogP contribution is 2.37. The molecule has 4 rings (SSSR count). The zero-order valence-corrected chi connectivity index (χ0v) is 14.6. The van der Waals surface area contributed by atoms with E-state index in [1.165, 1.54) is 28.8 Å². The highest BCUT2D eigenvalue weighted by atomic mass is 32.2. The molecule has 0 aliphatic carbocycles. The van der Waals surface area contributed by atoms with Crippen molar-refractivity contribution in [2.24, 2.45) is 0 Å². The maximum absolute atomic E-state index is 13.3. The molecule has 1 amide bonds. The summed E-state index contributed by atoms with van der Waals surface area (Å²) in [6.07, 6.45) is 1.67. The molecule has 0 radical (unpaired) electrons. The number of anilines is 1. The fourth-order valence-electron chi connectivity index (χ4n) is 2.75. The lowest BCUT2D eigenvalue weighted by atomic mass is 10.1. The van der Waals surface area contributed by atoms with Crippen LogP contribution in [-0.4, -0.2) is 10.2 Å². The van der Waals surface area contributed by atoms with Crippen molar-refractivity contribution >= 4 is 56.7 Å². The smallest absolute Gasteiger partial charge is 0.268 e. The van der Waals surface area contributed by atoms with Crippen molar-refractivity contribution in [3.63, 3.8) is 0 Å². The Balaban J connectivity index is 1.71. The van der Waals surface area contributed by atoms with Gasteiger partial charge < -0.3 is 0 Å². The molecule has 2 nitrogen and oxygen atoms in total. The Kier molecular flexibility index (Phi) is 4.11. The van der Waals surface area contributed by atoms with E-state index in [1.54, 1.807) is 18.2 Å². The van der Waals surface area contributed by atoms with Gasteiger partial charge in [-0.05, 0) is 46.7 Å². The number of hydrogen-bond donors (Lipinski definition) is 0. The van der Waals surface area contributed by atoms with Crippen LogP contribution in [0.2, 0.25) is 0 Å². The van der Waals surface area contributed by atoms with Crippen molar-refractivity contribution < 1.29 is 9.18 Å². The van der Waals surface area contributed by atoms with Gasteiger partial charge in [-0.2, -0.15) is 0 Å². The fourth-order valence-corrected chi connectivity index (χ4v) is 4.05. The van der Waals surface area contributed by atoms with Crippen molar-refractivity contribution in [1.29, 1.82) is 0 Å². The standard InChI is InChI=1S/C20H12FNOS2/c21-16-7-3-4-13(10-16)11-18-19(23)22(20(24)25-18)17-9-8-14-5-1-2-6-15(14)12-17/h1-12H/b18-11+. The number of rotatable bonds is 2. The zero-order valence-electron chi connectivity index (χ0n) is 13.0. The summed E-state index contributed by atoms with van der Waals surface area (Å²) in [6.45, 7) is 0. The van der Waals surface area contributed by atoms with Crippen molar-refractivity contribution in [3.8, 4) is 0 Å². The Hall–Kier alpha value is -2.50.